The van der Waals surface area contributed by atoms with Crippen molar-refractivity contribution in [3.63, 3.8) is 0 Å². The van der Waals surface area contributed by atoms with Crippen molar-refractivity contribution in [1.29, 1.82) is 0 Å². The van der Waals surface area contributed by atoms with Crippen molar-refractivity contribution in [3.05, 3.63) is 23.5 Å². The quantitative estimate of drug-likeness (QED) is 0.644. The van der Waals surface area contributed by atoms with E-state index < -0.39 is 21.4 Å². The molecule has 0 saturated heterocycles. The summed E-state index contributed by atoms with van der Waals surface area (Å²) in [6.45, 7) is 4.58. The van der Waals surface area contributed by atoms with Crippen molar-refractivity contribution >= 4 is 15.7 Å². The molecule has 0 radical (unpaired) electrons. The third-order valence-electron chi connectivity index (χ3n) is 2.33. The Hall–Kier alpha value is -1.58. The summed E-state index contributed by atoms with van der Waals surface area (Å²) >= 11 is 0. The summed E-state index contributed by atoms with van der Waals surface area (Å²) in [4.78, 5) is -0.0790. The number of hydrogen-bond acceptors (Lipinski definition) is 3. The molecule has 0 bridgehead atoms. The van der Waals surface area contributed by atoms with E-state index in [4.69, 9.17) is 12.2 Å². The van der Waals surface area contributed by atoms with Crippen LogP contribution in [0.2, 0.25) is 0 Å². The fourth-order valence-corrected chi connectivity index (χ4v) is 2.98. The number of terminal acetylenes is 1. The van der Waals surface area contributed by atoms with Crippen LogP contribution >= 0.6 is 0 Å². The van der Waals surface area contributed by atoms with Crippen LogP contribution in [-0.2, 0) is 10.0 Å². The zero-order chi connectivity index (χ0) is 14.1. The van der Waals surface area contributed by atoms with E-state index in [1.165, 1.54) is 6.92 Å². The van der Waals surface area contributed by atoms with Gasteiger partial charge >= 0.3 is 0 Å². The molecule has 0 amide bonds. The lowest BCUT2D eigenvalue weighted by molar-refractivity contribution is 0.538. The summed E-state index contributed by atoms with van der Waals surface area (Å²) in [5, 5.41) is 0. The molecule has 0 spiro atoms. The average Bonchev–Trinajstić information content (AvgIpc) is 2.21. The molecule has 0 aliphatic rings. The molecular weight excluding hydrogens is 255 g/mol. The van der Waals surface area contributed by atoms with Crippen LogP contribution in [0.15, 0.2) is 17.0 Å². The van der Waals surface area contributed by atoms with Crippen LogP contribution in [0.1, 0.15) is 19.4 Å². The molecule has 0 fully saturated rings. The maximum absolute atomic E-state index is 13.2. The van der Waals surface area contributed by atoms with Crippen molar-refractivity contribution in [3.8, 4) is 12.3 Å². The van der Waals surface area contributed by atoms with E-state index in [1.54, 1.807) is 13.8 Å². The normalized spacial score (nSPS) is 12.2. The highest BCUT2D eigenvalue weighted by Crippen LogP contribution is 2.22. The van der Waals surface area contributed by atoms with Gasteiger partial charge in [0.1, 0.15) is 5.82 Å². The Morgan fingerprint density at radius 1 is 1.44 bits per heavy atom. The van der Waals surface area contributed by atoms with Crippen molar-refractivity contribution in [2.24, 2.45) is 0 Å². The lowest BCUT2D eigenvalue weighted by Gasteiger charge is -2.20. The molecule has 0 aliphatic carbocycles. The lowest BCUT2D eigenvalue weighted by Crippen LogP contribution is -2.42. The molecule has 1 aromatic rings. The fraction of sp³-hybridized carbons (Fsp3) is 0.333. The van der Waals surface area contributed by atoms with Gasteiger partial charge in [-0.2, -0.15) is 4.72 Å². The molecule has 0 aromatic heterocycles. The second-order valence-electron chi connectivity index (χ2n) is 4.51. The molecule has 0 atom stereocenters. The van der Waals surface area contributed by atoms with Crippen molar-refractivity contribution in [2.75, 3.05) is 5.73 Å². The Labute approximate surface area is 106 Å². The molecule has 4 nitrogen and oxygen atoms in total. The van der Waals surface area contributed by atoms with Gasteiger partial charge in [-0.25, -0.2) is 12.8 Å². The van der Waals surface area contributed by atoms with E-state index in [9.17, 15) is 12.8 Å². The summed E-state index contributed by atoms with van der Waals surface area (Å²) in [6.07, 6.45) is 5.22. The van der Waals surface area contributed by atoms with E-state index in [1.807, 2.05) is 0 Å². The van der Waals surface area contributed by atoms with Gasteiger partial charge in [-0.15, -0.1) is 6.42 Å². The van der Waals surface area contributed by atoms with Gasteiger partial charge in [0.05, 0.1) is 16.1 Å². The summed E-state index contributed by atoms with van der Waals surface area (Å²) < 4.78 is 39.7. The molecule has 98 valence electrons. The fourth-order valence-electron chi connectivity index (χ4n) is 1.38. The predicted molar refractivity (Wildman–Crippen MR) is 68.8 cm³/mol. The minimum Gasteiger partial charge on any atom is -0.396 e. The Balaban J connectivity index is 3.31. The summed E-state index contributed by atoms with van der Waals surface area (Å²) in [6, 6.07) is 2.16. The number of aryl methyl sites for hydroxylation is 1. The van der Waals surface area contributed by atoms with Crippen LogP contribution in [-0.4, -0.2) is 14.0 Å². The number of halogens is 1. The second-order valence-corrected chi connectivity index (χ2v) is 6.16. The highest BCUT2D eigenvalue weighted by Gasteiger charge is 2.26. The highest BCUT2D eigenvalue weighted by atomic mass is 32.2. The van der Waals surface area contributed by atoms with Crippen LogP contribution in [0.4, 0.5) is 10.1 Å². The highest BCUT2D eigenvalue weighted by molar-refractivity contribution is 7.89. The number of anilines is 1. The smallest absolute Gasteiger partial charge is 0.242 e. The summed E-state index contributed by atoms with van der Waals surface area (Å²) in [5.41, 5.74) is 4.38. The largest absolute Gasteiger partial charge is 0.396 e. The maximum atomic E-state index is 13.2. The lowest BCUT2D eigenvalue weighted by atomic mass is 10.1. The predicted octanol–water partition coefficient (Wildman–Crippen LogP) is 1.41. The molecule has 0 unspecified atom stereocenters. The zero-order valence-electron chi connectivity index (χ0n) is 10.4. The molecular formula is C12H15FN2O2S. The molecule has 1 rings (SSSR count). The SMILES string of the molecule is C#CC(C)(C)NS(=O)(=O)c1cc(N)c(F)cc1C. The van der Waals surface area contributed by atoms with Crippen molar-refractivity contribution in [2.45, 2.75) is 31.2 Å². The van der Waals surface area contributed by atoms with Crippen molar-refractivity contribution in [1.82, 2.24) is 4.72 Å². The first-order valence-electron chi connectivity index (χ1n) is 5.16. The van der Waals surface area contributed by atoms with E-state index in [0.717, 1.165) is 12.1 Å². The van der Waals surface area contributed by atoms with Gasteiger partial charge in [0.25, 0.3) is 0 Å². The van der Waals surface area contributed by atoms with E-state index in [-0.39, 0.29) is 16.1 Å². The topological polar surface area (TPSA) is 72.2 Å². The minimum atomic E-state index is -3.84. The van der Waals surface area contributed by atoms with Gasteiger partial charge in [0.15, 0.2) is 0 Å². The first-order chi connectivity index (χ1) is 8.09. The standard InChI is InChI=1S/C12H15FN2O2S/c1-5-12(3,4)15-18(16,17)11-7-10(14)9(13)6-8(11)2/h1,6-7,15H,14H2,2-4H3. The third kappa shape index (κ3) is 3.00. The maximum Gasteiger partial charge on any atom is 0.242 e. The van der Waals surface area contributed by atoms with Crippen molar-refractivity contribution < 1.29 is 12.8 Å². The van der Waals surface area contributed by atoms with E-state index in [0.29, 0.717) is 0 Å². The number of benzene rings is 1. The van der Waals surface area contributed by atoms with Crippen LogP contribution < -0.4 is 10.5 Å². The monoisotopic (exact) mass is 270 g/mol. The number of hydrogen-bond donors (Lipinski definition) is 2. The van der Waals surface area contributed by atoms with Gasteiger partial charge in [-0.1, -0.05) is 5.92 Å². The van der Waals surface area contributed by atoms with Gasteiger partial charge < -0.3 is 5.73 Å². The molecule has 3 N–H and O–H groups in total. The molecule has 0 aliphatic heterocycles. The average molecular weight is 270 g/mol. The summed E-state index contributed by atoms with van der Waals surface area (Å²) in [5.74, 6) is 1.67. The van der Waals surface area contributed by atoms with Crippen LogP contribution in [0.5, 0.6) is 0 Å². The first kappa shape index (κ1) is 14.5. The Morgan fingerprint density at radius 3 is 2.50 bits per heavy atom. The van der Waals surface area contributed by atoms with Gasteiger partial charge in [-0.3, -0.25) is 0 Å². The zero-order valence-corrected chi connectivity index (χ0v) is 11.2. The number of nitrogens with two attached hydrogens (primary N) is 1. The molecule has 6 heteroatoms. The Bertz CT molecular complexity index is 616. The second kappa shape index (κ2) is 4.59. The number of sulfonamides is 1. The molecule has 1 aromatic carbocycles. The third-order valence-corrected chi connectivity index (χ3v) is 4.13. The molecule has 0 saturated carbocycles. The molecule has 18 heavy (non-hydrogen) atoms. The minimum absolute atomic E-state index is 0.0790. The first-order valence-corrected chi connectivity index (χ1v) is 6.65. The van der Waals surface area contributed by atoms with E-state index in [2.05, 4.69) is 10.6 Å². The number of nitrogen functional groups attached to an aromatic ring is 1. The number of nitrogens with one attached hydrogen (secondary N) is 1. The van der Waals surface area contributed by atoms with Crippen LogP contribution in [0.3, 0.4) is 0 Å². The van der Waals surface area contributed by atoms with Crippen LogP contribution in [0, 0.1) is 25.1 Å². The van der Waals surface area contributed by atoms with E-state index >= 15 is 0 Å². The van der Waals surface area contributed by atoms with Gasteiger partial charge in [0.2, 0.25) is 10.0 Å². The van der Waals surface area contributed by atoms with Crippen LogP contribution in [0.25, 0.3) is 0 Å². The Morgan fingerprint density at radius 2 is 2.00 bits per heavy atom. The van der Waals surface area contributed by atoms with Gasteiger partial charge in [-0.05, 0) is 38.5 Å². The Kier molecular flexibility index (Phi) is 3.70. The number of rotatable bonds is 3. The summed E-state index contributed by atoms with van der Waals surface area (Å²) in [7, 11) is -3.84. The molecule has 0 heterocycles. The van der Waals surface area contributed by atoms with Gasteiger partial charge in [0, 0.05) is 0 Å².